The molecular formula is C17H17N3O6. The quantitative estimate of drug-likeness (QED) is 0.564. The molecule has 9 heteroatoms. The van der Waals surface area contributed by atoms with E-state index in [1.807, 2.05) is 4.98 Å². The average Bonchev–Trinajstić information content (AvgIpc) is 2.57. The molecule has 9 nitrogen and oxygen atoms in total. The minimum atomic E-state index is -1.15. The highest BCUT2D eigenvalue weighted by molar-refractivity contribution is 6.04. The lowest BCUT2D eigenvalue weighted by Crippen LogP contribution is -2.35. The van der Waals surface area contributed by atoms with Gasteiger partial charge in [0.1, 0.15) is 6.54 Å². The van der Waals surface area contributed by atoms with Crippen LogP contribution in [0.2, 0.25) is 0 Å². The van der Waals surface area contributed by atoms with Crippen LogP contribution >= 0.6 is 0 Å². The van der Waals surface area contributed by atoms with Gasteiger partial charge in [-0.15, -0.1) is 0 Å². The Labute approximate surface area is 147 Å². The van der Waals surface area contributed by atoms with Crippen LogP contribution in [0, 0.1) is 0 Å². The van der Waals surface area contributed by atoms with Gasteiger partial charge in [-0.1, -0.05) is 12.1 Å². The van der Waals surface area contributed by atoms with Crippen LogP contribution < -0.4 is 16.6 Å². The van der Waals surface area contributed by atoms with Crippen LogP contribution in [0.5, 0.6) is 0 Å². The van der Waals surface area contributed by atoms with E-state index in [0.29, 0.717) is 11.3 Å². The van der Waals surface area contributed by atoms with Crippen molar-refractivity contribution >= 4 is 23.3 Å². The molecule has 136 valence electrons. The van der Waals surface area contributed by atoms with Gasteiger partial charge in [0.25, 0.3) is 11.5 Å². The van der Waals surface area contributed by atoms with E-state index in [-0.39, 0.29) is 5.78 Å². The van der Waals surface area contributed by atoms with Crippen molar-refractivity contribution in [3.05, 3.63) is 62.9 Å². The molecule has 1 amide bonds. The van der Waals surface area contributed by atoms with Crippen molar-refractivity contribution < 1.29 is 19.1 Å². The number of hydrogen-bond donors (Lipinski definition) is 2. The van der Waals surface area contributed by atoms with Gasteiger partial charge in [-0.05, 0) is 26.0 Å². The van der Waals surface area contributed by atoms with Crippen LogP contribution in [0.15, 0.2) is 46.1 Å². The maximum atomic E-state index is 12.2. The van der Waals surface area contributed by atoms with Gasteiger partial charge in [-0.25, -0.2) is 4.79 Å². The fourth-order valence-electron chi connectivity index (χ4n) is 2.13. The Balaban J connectivity index is 2.00. The molecule has 1 aromatic carbocycles. The normalized spacial score (nSPS) is 11.5. The van der Waals surface area contributed by atoms with Crippen molar-refractivity contribution in [3.63, 3.8) is 0 Å². The average molecular weight is 359 g/mol. The van der Waals surface area contributed by atoms with Gasteiger partial charge < -0.3 is 10.1 Å². The van der Waals surface area contributed by atoms with Gasteiger partial charge in [0.2, 0.25) is 0 Å². The van der Waals surface area contributed by atoms with Crippen LogP contribution in [-0.2, 0) is 20.9 Å². The summed E-state index contributed by atoms with van der Waals surface area (Å²) in [5.41, 5.74) is -0.706. The summed E-state index contributed by atoms with van der Waals surface area (Å²) in [5.74, 6) is -1.68. The highest BCUT2D eigenvalue weighted by atomic mass is 16.5. The van der Waals surface area contributed by atoms with Crippen molar-refractivity contribution in [2.45, 2.75) is 26.5 Å². The molecular weight excluding hydrogens is 342 g/mol. The van der Waals surface area contributed by atoms with Crippen LogP contribution in [0.3, 0.4) is 0 Å². The number of carbonyl (C=O) groups is 3. The number of para-hydroxylation sites is 1. The number of hydrogen-bond acceptors (Lipinski definition) is 6. The van der Waals surface area contributed by atoms with Gasteiger partial charge in [0.15, 0.2) is 11.9 Å². The minimum Gasteiger partial charge on any atom is -0.451 e. The van der Waals surface area contributed by atoms with Crippen LogP contribution in [0.4, 0.5) is 5.69 Å². The first-order valence-corrected chi connectivity index (χ1v) is 7.68. The van der Waals surface area contributed by atoms with E-state index in [1.54, 1.807) is 24.3 Å². The number of benzene rings is 1. The Morgan fingerprint density at radius 3 is 2.54 bits per heavy atom. The smallest absolute Gasteiger partial charge is 0.328 e. The lowest BCUT2D eigenvalue weighted by molar-refractivity contribution is -0.153. The van der Waals surface area contributed by atoms with E-state index in [2.05, 4.69) is 5.32 Å². The number of aromatic nitrogens is 2. The minimum absolute atomic E-state index is 0.219. The highest BCUT2D eigenvalue weighted by Crippen LogP contribution is 2.16. The number of ketones is 1. The first-order valence-electron chi connectivity index (χ1n) is 7.68. The van der Waals surface area contributed by atoms with Gasteiger partial charge >= 0.3 is 11.7 Å². The summed E-state index contributed by atoms with van der Waals surface area (Å²) in [6.07, 6.45) is -0.00279. The second kappa shape index (κ2) is 8.06. The number of carbonyl (C=O) groups excluding carboxylic acids is 3. The van der Waals surface area contributed by atoms with Crippen LogP contribution in [0.25, 0.3) is 0 Å². The number of nitrogens with one attached hydrogen (secondary N) is 2. The van der Waals surface area contributed by atoms with Gasteiger partial charge in [0, 0.05) is 17.8 Å². The van der Waals surface area contributed by atoms with Crippen molar-refractivity contribution in [1.29, 1.82) is 0 Å². The van der Waals surface area contributed by atoms with E-state index in [4.69, 9.17) is 4.74 Å². The number of ether oxygens (including phenoxy) is 1. The number of aromatic amines is 1. The summed E-state index contributed by atoms with van der Waals surface area (Å²) < 4.78 is 5.93. The fraction of sp³-hybridized carbons (Fsp3) is 0.235. The molecule has 0 radical (unpaired) electrons. The molecule has 0 spiro atoms. The zero-order valence-corrected chi connectivity index (χ0v) is 14.1. The predicted molar refractivity (Wildman–Crippen MR) is 92.0 cm³/mol. The summed E-state index contributed by atoms with van der Waals surface area (Å²) in [6.45, 7) is 2.27. The third kappa shape index (κ3) is 4.76. The number of anilines is 1. The fourth-order valence-corrected chi connectivity index (χ4v) is 2.13. The van der Waals surface area contributed by atoms with E-state index in [0.717, 1.165) is 16.8 Å². The molecule has 2 rings (SSSR count). The van der Waals surface area contributed by atoms with Gasteiger partial charge in [-0.3, -0.25) is 28.7 Å². The topological polar surface area (TPSA) is 127 Å². The lowest BCUT2D eigenvalue weighted by Gasteiger charge is -2.15. The number of Topliss-reactive ketones (excluding diaryl/α,β-unsaturated/α-hetero) is 1. The maximum absolute atomic E-state index is 12.2. The molecule has 26 heavy (non-hydrogen) atoms. The summed E-state index contributed by atoms with van der Waals surface area (Å²) in [4.78, 5) is 60.1. The first-order chi connectivity index (χ1) is 12.3. The zero-order chi connectivity index (χ0) is 19.3. The molecule has 1 heterocycles. The molecule has 0 saturated carbocycles. The number of rotatable bonds is 6. The molecule has 0 bridgehead atoms. The Morgan fingerprint density at radius 1 is 1.19 bits per heavy atom. The van der Waals surface area contributed by atoms with E-state index in [9.17, 15) is 24.0 Å². The molecule has 0 aliphatic rings. The molecule has 0 aliphatic carbocycles. The van der Waals surface area contributed by atoms with Gasteiger partial charge in [-0.2, -0.15) is 0 Å². The molecule has 0 unspecified atom stereocenters. The maximum Gasteiger partial charge on any atom is 0.328 e. The Kier molecular flexibility index (Phi) is 5.84. The highest BCUT2D eigenvalue weighted by Gasteiger charge is 2.20. The molecule has 0 saturated heterocycles. The Bertz CT molecular complexity index is 959. The third-order valence-corrected chi connectivity index (χ3v) is 3.44. The number of nitrogens with zero attached hydrogens (tertiary/aromatic N) is 1. The largest absolute Gasteiger partial charge is 0.451 e. The standard InChI is InChI=1S/C17H17N3O6/c1-10(21)12-5-3-4-6-13(12)18-16(24)11(2)26-15(23)9-20-8-7-14(22)19-17(20)25/h3-8,11H,9H2,1-2H3,(H,18,24)(H,19,22,25)/t11-/m0/s1. The first kappa shape index (κ1) is 18.8. The molecule has 1 atom stereocenters. The summed E-state index contributed by atoms with van der Waals surface area (Å²) in [7, 11) is 0. The van der Waals surface area contributed by atoms with Crippen LogP contribution in [-0.4, -0.2) is 33.3 Å². The lowest BCUT2D eigenvalue weighted by atomic mass is 10.1. The van der Waals surface area contributed by atoms with Gasteiger partial charge in [0.05, 0.1) is 5.69 Å². The molecule has 2 aromatic rings. The van der Waals surface area contributed by atoms with Crippen molar-refractivity contribution in [3.8, 4) is 0 Å². The number of H-pyrrole nitrogens is 1. The molecule has 1 aromatic heterocycles. The SMILES string of the molecule is CC(=O)c1ccccc1NC(=O)[C@H](C)OC(=O)Cn1ccc(=O)[nH]c1=O. The summed E-state index contributed by atoms with van der Waals surface area (Å²) in [5, 5.41) is 2.53. The summed E-state index contributed by atoms with van der Waals surface area (Å²) >= 11 is 0. The Morgan fingerprint density at radius 2 is 1.88 bits per heavy atom. The van der Waals surface area contributed by atoms with Crippen LogP contribution in [0.1, 0.15) is 24.2 Å². The van der Waals surface area contributed by atoms with E-state index in [1.165, 1.54) is 13.8 Å². The Hall–Kier alpha value is -3.49. The monoisotopic (exact) mass is 359 g/mol. The molecule has 2 N–H and O–H groups in total. The van der Waals surface area contributed by atoms with Crippen molar-refractivity contribution in [2.24, 2.45) is 0 Å². The van der Waals surface area contributed by atoms with E-state index < -0.39 is 35.8 Å². The molecule has 0 aliphatic heterocycles. The summed E-state index contributed by atoms with van der Waals surface area (Å²) in [6, 6.07) is 7.53. The number of esters is 1. The second-order valence-electron chi connectivity index (χ2n) is 5.46. The van der Waals surface area contributed by atoms with Crippen molar-refractivity contribution in [1.82, 2.24) is 9.55 Å². The third-order valence-electron chi connectivity index (χ3n) is 3.44. The zero-order valence-electron chi connectivity index (χ0n) is 14.1. The van der Waals surface area contributed by atoms with Crippen molar-refractivity contribution in [2.75, 3.05) is 5.32 Å². The second-order valence-corrected chi connectivity index (χ2v) is 5.46. The predicted octanol–water partition coefficient (Wildman–Crippen LogP) is 0.310. The molecule has 0 fully saturated rings. The van der Waals surface area contributed by atoms with E-state index >= 15 is 0 Å². The number of amides is 1.